The van der Waals surface area contributed by atoms with Crippen molar-refractivity contribution in [3.05, 3.63) is 76.6 Å². The first-order valence-corrected chi connectivity index (χ1v) is 10.4. The molecule has 3 aromatic rings. The summed E-state index contributed by atoms with van der Waals surface area (Å²) >= 11 is 7.47. The van der Waals surface area contributed by atoms with Crippen molar-refractivity contribution in [3.8, 4) is 5.69 Å². The van der Waals surface area contributed by atoms with E-state index in [1.54, 1.807) is 4.90 Å². The summed E-state index contributed by atoms with van der Waals surface area (Å²) in [6, 6.07) is 17.6. The maximum atomic E-state index is 12.9. The molecule has 6 heteroatoms. The van der Waals surface area contributed by atoms with Crippen molar-refractivity contribution in [2.45, 2.75) is 37.5 Å². The number of halogens is 1. The summed E-state index contributed by atoms with van der Waals surface area (Å²) in [4.78, 5) is 15.7. The molecule has 0 spiro atoms. The maximum Gasteiger partial charge on any atom is 0.235 e. The molecule has 1 amide bonds. The number of para-hydroxylation sites is 1. The van der Waals surface area contributed by atoms with E-state index in [1.165, 1.54) is 11.8 Å². The minimum Gasteiger partial charge on any atom is -0.340 e. The number of benzene rings is 2. The third-order valence-electron chi connectivity index (χ3n) is 4.69. The van der Waals surface area contributed by atoms with Crippen molar-refractivity contribution in [1.29, 1.82) is 0 Å². The van der Waals surface area contributed by atoms with Crippen LogP contribution in [0.5, 0.6) is 0 Å². The van der Waals surface area contributed by atoms with E-state index in [-0.39, 0.29) is 11.2 Å². The van der Waals surface area contributed by atoms with E-state index in [1.807, 2.05) is 87.1 Å². The number of carbonyl (C=O) groups is 1. The van der Waals surface area contributed by atoms with Gasteiger partial charge in [-0.25, -0.2) is 4.68 Å². The average molecular weight is 414 g/mol. The fourth-order valence-electron chi connectivity index (χ4n) is 3.12. The topological polar surface area (TPSA) is 38.1 Å². The highest BCUT2D eigenvalue weighted by Crippen LogP contribution is 2.26. The molecule has 0 aliphatic rings. The van der Waals surface area contributed by atoms with Crippen LogP contribution in [-0.4, -0.2) is 32.9 Å². The van der Waals surface area contributed by atoms with Crippen molar-refractivity contribution in [3.63, 3.8) is 0 Å². The van der Waals surface area contributed by atoms with Gasteiger partial charge in [-0.3, -0.25) is 4.79 Å². The van der Waals surface area contributed by atoms with E-state index in [9.17, 15) is 4.79 Å². The third kappa shape index (κ3) is 4.59. The highest BCUT2D eigenvalue weighted by molar-refractivity contribution is 8.00. The second-order valence-corrected chi connectivity index (χ2v) is 8.66. The number of amides is 1. The lowest BCUT2D eigenvalue weighted by Gasteiger charge is -2.21. The standard InChI is InChI=1S/C22H24ClN3OS/c1-15-21(16(2)26(24-15)19-8-6-5-7-9-19)14-25(4)22(27)17(3)28-20-12-10-18(23)11-13-20/h5-13,17H,14H2,1-4H3. The van der Waals surface area contributed by atoms with E-state index < -0.39 is 0 Å². The van der Waals surface area contributed by atoms with Crippen molar-refractivity contribution < 1.29 is 4.79 Å². The van der Waals surface area contributed by atoms with Crippen LogP contribution >= 0.6 is 23.4 Å². The van der Waals surface area contributed by atoms with Crippen LogP contribution < -0.4 is 0 Å². The van der Waals surface area contributed by atoms with Gasteiger partial charge in [0.15, 0.2) is 0 Å². The van der Waals surface area contributed by atoms with Crippen LogP contribution in [0.25, 0.3) is 5.69 Å². The van der Waals surface area contributed by atoms with E-state index >= 15 is 0 Å². The SMILES string of the molecule is Cc1nn(-c2ccccc2)c(C)c1CN(C)C(=O)C(C)Sc1ccc(Cl)cc1. The Balaban J connectivity index is 1.71. The van der Waals surface area contributed by atoms with E-state index in [0.29, 0.717) is 11.6 Å². The lowest BCUT2D eigenvalue weighted by atomic mass is 10.2. The summed E-state index contributed by atoms with van der Waals surface area (Å²) in [7, 11) is 1.85. The van der Waals surface area contributed by atoms with Gasteiger partial charge in [-0.05, 0) is 57.2 Å². The van der Waals surface area contributed by atoms with Crippen LogP contribution in [-0.2, 0) is 11.3 Å². The largest absolute Gasteiger partial charge is 0.340 e. The van der Waals surface area contributed by atoms with Crippen LogP contribution in [0.2, 0.25) is 5.02 Å². The van der Waals surface area contributed by atoms with Gasteiger partial charge in [0.25, 0.3) is 0 Å². The van der Waals surface area contributed by atoms with Gasteiger partial charge in [-0.2, -0.15) is 5.10 Å². The van der Waals surface area contributed by atoms with Crippen LogP contribution in [0.1, 0.15) is 23.9 Å². The Morgan fingerprint density at radius 2 is 1.79 bits per heavy atom. The molecule has 0 saturated carbocycles. The molecule has 0 radical (unpaired) electrons. The Hall–Kier alpha value is -2.24. The first kappa shape index (κ1) is 20.5. The van der Waals surface area contributed by atoms with Crippen LogP contribution in [0, 0.1) is 13.8 Å². The van der Waals surface area contributed by atoms with Crippen LogP contribution in [0.3, 0.4) is 0 Å². The fraction of sp³-hybridized carbons (Fsp3) is 0.273. The molecule has 1 atom stereocenters. The summed E-state index contributed by atoms with van der Waals surface area (Å²) in [6.45, 7) is 6.51. The average Bonchev–Trinajstić information content (AvgIpc) is 2.98. The van der Waals surface area contributed by atoms with Crippen LogP contribution in [0.15, 0.2) is 59.5 Å². The maximum absolute atomic E-state index is 12.9. The van der Waals surface area contributed by atoms with Gasteiger partial charge in [0, 0.05) is 34.8 Å². The molecule has 0 fully saturated rings. The molecule has 1 unspecified atom stereocenters. The van der Waals surface area contributed by atoms with Crippen LogP contribution in [0.4, 0.5) is 0 Å². The first-order chi connectivity index (χ1) is 13.4. The number of aryl methyl sites for hydroxylation is 1. The Labute approximate surface area is 175 Å². The molecule has 0 aliphatic carbocycles. The van der Waals surface area contributed by atoms with Crippen molar-refractivity contribution in [2.24, 2.45) is 0 Å². The molecular weight excluding hydrogens is 390 g/mol. The Morgan fingerprint density at radius 1 is 1.14 bits per heavy atom. The molecule has 0 N–H and O–H groups in total. The van der Waals surface area contributed by atoms with Gasteiger partial charge >= 0.3 is 0 Å². The number of nitrogens with zero attached hydrogens (tertiary/aromatic N) is 3. The number of thioether (sulfide) groups is 1. The number of hydrogen-bond acceptors (Lipinski definition) is 3. The Kier molecular flexibility index (Phi) is 6.47. The summed E-state index contributed by atoms with van der Waals surface area (Å²) in [6.07, 6.45) is 0. The van der Waals surface area contributed by atoms with Gasteiger partial charge in [0.2, 0.25) is 5.91 Å². The van der Waals surface area contributed by atoms with Crippen molar-refractivity contribution in [2.75, 3.05) is 7.05 Å². The molecule has 4 nitrogen and oxygen atoms in total. The van der Waals surface area contributed by atoms with Gasteiger partial charge in [0.05, 0.1) is 16.6 Å². The van der Waals surface area contributed by atoms with Gasteiger partial charge in [-0.15, -0.1) is 11.8 Å². The zero-order valence-electron chi connectivity index (χ0n) is 16.5. The molecule has 1 heterocycles. The van der Waals surface area contributed by atoms with E-state index in [2.05, 4.69) is 5.10 Å². The lowest BCUT2D eigenvalue weighted by molar-refractivity contribution is -0.129. The number of hydrogen-bond donors (Lipinski definition) is 0. The number of rotatable bonds is 6. The number of carbonyl (C=O) groups excluding carboxylic acids is 1. The predicted molar refractivity (Wildman–Crippen MR) is 116 cm³/mol. The first-order valence-electron chi connectivity index (χ1n) is 9.14. The quantitative estimate of drug-likeness (QED) is 0.516. The van der Waals surface area contributed by atoms with Gasteiger partial charge < -0.3 is 4.90 Å². The second kappa shape index (κ2) is 8.84. The highest BCUT2D eigenvalue weighted by atomic mass is 35.5. The summed E-state index contributed by atoms with van der Waals surface area (Å²) in [5.41, 5.74) is 4.11. The zero-order chi connectivity index (χ0) is 20.3. The molecular formula is C22H24ClN3OS. The number of aromatic nitrogens is 2. The van der Waals surface area contributed by atoms with Gasteiger partial charge in [-0.1, -0.05) is 29.8 Å². The Bertz CT molecular complexity index is 954. The molecule has 0 saturated heterocycles. The van der Waals surface area contributed by atoms with E-state index in [0.717, 1.165) is 27.5 Å². The monoisotopic (exact) mass is 413 g/mol. The summed E-state index contributed by atoms with van der Waals surface area (Å²) in [5, 5.41) is 5.19. The molecule has 28 heavy (non-hydrogen) atoms. The fourth-order valence-corrected chi connectivity index (χ4v) is 4.23. The minimum atomic E-state index is -0.184. The minimum absolute atomic E-state index is 0.0891. The molecule has 146 valence electrons. The van der Waals surface area contributed by atoms with Crippen molar-refractivity contribution in [1.82, 2.24) is 14.7 Å². The lowest BCUT2D eigenvalue weighted by Crippen LogP contribution is -2.33. The molecule has 2 aromatic carbocycles. The molecule has 0 bridgehead atoms. The summed E-state index contributed by atoms with van der Waals surface area (Å²) in [5.74, 6) is 0.0891. The molecule has 1 aromatic heterocycles. The van der Waals surface area contributed by atoms with Crippen molar-refractivity contribution >= 4 is 29.3 Å². The highest BCUT2D eigenvalue weighted by Gasteiger charge is 2.22. The third-order valence-corrected chi connectivity index (χ3v) is 6.04. The predicted octanol–water partition coefficient (Wildman–Crippen LogP) is 5.28. The smallest absolute Gasteiger partial charge is 0.235 e. The molecule has 3 rings (SSSR count). The van der Waals surface area contributed by atoms with E-state index in [4.69, 9.17) is 11.6 Å². The normalized spacial score (nSPS) is 12.0. The zero-order valence-corrected chi connectivity index (χ0v) is 18.1. The summed E-state index contributed by atoms with van der Waals surface area (Å²) < 4.78 is 1.94. The molecule has 0 aliphatic heterocycles. The second-order valence-electron chi connectivity index (χ2n) is 6.81. The Morgan fingerprint density at radius 3 is 2.43 bits per heavy atom. The van der Waals surface area contributed by atoms with Gasteiger partial charge in [0.1, 0.15) is 0 Å².